The van der Waals surface area contributed by atoms with Gasteiger partial charge in [-0.2, -0.15) is 0 Å². The molecule has 0 saturated carbocycles. The number of aromatic amines is 1. The summed E-state index contributed by atoms with van der Waals surface area (Å²) in [5.41, 5.74) is 5.14. The van der Waals surface area contributed by atoms with Crippen LogP contribution in [0.15, 0.2) is 11.1 Å². The first kappa shape index (κ1) is 11.5. The molecule has 0 amide bonds. The number of hydrogen-bond acceptors (Lipinski definition) is 5. The monoisotopic (exact) mass is 212 g/mol. The topological polar surface area (TPSA) is 84.2 Å². The molecule has 0 aliphatic heterocycles. The van der Waals surface area contributed by atoms with Crippen LogP contribution in [0.2, 0.25) is 0 Å². The Hall–Kier alpha value is -1.56. The minimum atomic E-state index is -0.368. The number of anilines is 1. The molecule has 0 aliphatic rings. The van der Waals surface area contributed by atoms with E-state index in [0.29, 0.717) is 6.61 Å². The number of hydrogen-bond donors (Lipinski definition) is 2. The molecule has 1 aromatic rings. The molecule has 15 heavy (non-hydrogen) atoms. The summed E-state index contributed by atoms with van der Waals surface area (Å²) in [6, 6.07) is 0. The van der Waals surface area contributed by atoms with Crippen LogP contribution in [0.1, 0.15) is 6.42 Å². The third-order valence-corrected chi connectivity index (χ3v) is 1.84. The number of H-pyrrole nitrogens is 1. The van der Waals surface area contributed by atoms with E-state index in [4.69, 9.17) is 10.5 Å². The molecule has 0 fully saturated rings. The van der Waals surface area contributed by atoms with Crippen LogP contribution in [-0.4, -0.2) is 42.1 Å². The zero-order valence-corrected chi connectivity index (χ0v) is 8.99. The summed E-state index contributed by atoms with van der Waals surface area (Å²) in [6.45, 7) is 1.42. The lowest BCUT2D eigenvalue weighted by Gasteiger charge is -2.10. The summed E-state index contributed by atoms with van der Waals surface area (Å²) >= 11 is 0. The molecule has 0 saturated heterocycles. The van der Waals surface area contributed by atoms with Crippen molar-refractivity contribution in [2.45, 2.75) is 6.42 Å². The molecule has 1 rings (SSSR count). The van der Waals surface area contributed by atoms with Gasteiger partial charge in [0, 0.05) is 6.54 Å². The van der Waals surface area contributed by atoms with Gasteiger partial charge < -0.3 is 20.4 Å². The van der Waals surface area contributed by atoms with Gasteiger partial charge in [0.2, 0.25) is 5.88 Å². The number of aromatic nitrogens is 2. The number of nitrogens with two attached hydrogens (primary N) is 1. The maximum Gasteiger partial charge on any atom is 0.277 e. The number of rotatable bonds is 5. The highest BCUT2D eigenvalue weighted by Crippen LogP contribution is 2.10. The number of nitrogens with one attached hydrogen (secondary N) is 1. The summed E-state index contributed by atoms with van der Waals surface area (Å²) in [6.07, 6.45) is 2.14. The maximum absolute atomic E-state index is 11.1. The molecule has 0 radical (unpaired) electrons. The van der Waals surface area contributed by atoms with E-state index in [2.05, 4.69) is 14.9 Å². The fraction of sp³-hybridized carbons (Fsp3) is 0.556. The average Bonchev–Trinajstić information content (AvgIpc) is 2.18. The van der Waals surface area contributed by atoms with E-state index in [-0.39, 0.29) is 17.1 Å². The zero-order valence-electron chi connectivity index (χ0n) is 8.99. The largest absolute Gasteiger partial charge is 0.476 e. The Balaban J connectivity index is 2.44. The Morgan fingerprint density at radius 2 is 2.33 bits per heavy atom. The van der Waals surface area contributed by atoms with Crippen molar-refractivity contribution in [1.82, 2.24) is 14.9 Å². The van der Waals surface area contributed by atoms with Gasteiger partial charge in [-0.05, 0) is 20.5 Å². The molecule has 0 spiro atoms. The van der Waals surface area contributed by atoms with Crippen LogP contribution in [0.3, 0.4) is 0 Å². The minimum Gasteiger partial charge on any atom is -0.476 e. The predicted octanol–water partition coefficient (Wildman–Crippen LogP) is -0.317. The Labute approximate surface area is 88.1 Å². The van der Waals surface area contributed by atoms with Crippen LogP contribution in [0.4, 0.5) is 5.69 Å². The molecule has 6 nitrogen and oxygen atoms in total. The van der Waals surface area contributed by atoms with Gasteiger partial charge in [0.1, 0.15) is 0 Å². The van der Waals surface area contributed by atoms with E-state index in [0.717, 1.165) is 13.0 Å². The second-order valence-corrected chi connectivity index (χ2v) is 3.46. The summed E-state index contributed by atoms with van der Waals surface area (Å²) in [5.74, 6) is 0.206. The van der Waals surface area contributed by atoms with E-state index in [1.54, 1.807) is 0 Å². The summed E-state index contributed by atoms with van der Waals surface area (Å²) in [7, 11) is 3.97. The molecule has 1 aromatic heterocycles. The molecule has 0 aromatic carbocycles. The highest BCUT2D eigenvalue weighted by Gasteiger charge is 2.04. The highest BCUT2D eigenvalue weighted by molar-refractivity contribution is 5.44. The second kappa shape index (κ2) is 5.35. The predicted molar refractivity (Wildman–Crippen MR) is 57.9 cm³/mol. The molecule has 0 atom stereocenters. The summed E-state index contributed by atoms with van der Waals surface area (Å²) < 4.78 is 5.29. The average molecular weight is 212 g/mol. The lowest BCUT2D eigenvalue weighted by atomic mass is 10.4. The van der Waals surface area contributed by atoms with Crippen LogP contribution >= 0.6 is 0 Å². The molecule has 84 valence electrons. The summed E-state index contributed by atoms with van der Waals surface area (Å²) in [4.78, 5) is 19.3. The first-order valence-corrected chi connectivity index (χ1v) is 4.72. The van der Waals surface area contributed by atoms with Crippen molar-refractivity contribution >= 4 is 5.69 Å². The van der Waals surface area contributed by atoms with Crippen molar-refractivity contribution in [1.29, 1.82) is 0 Å². The Bertz CT molecular complexity index is 361. The van der Waals surface area contributed by atoms with Gasteiger partial charge in [-0.3, -0.25) is 4.79 Å². The van der Waals surface area contributed by atoms with E-state index in [9.17, 15) is 4.79 Å². The molecule has 0 unspecified atom stereocenters. The first-order valence-electron chi connectivity index (χ1n) is 4.72. The van der Waals surface area contributed by atoms with Crippen LogP contribution in [0.25, 0.3) is 0 Å². The second-order valence-electron chi connectivity index (χ2n) is 3.46. The van der Waals surface area contributed by atoms with Crippen LogP contribution in [-0.2, 0) is 0 Å². The quantitative estimate of drug-likeness (QED) is 0.654. The third-order valence-electron chi connectivity index (χ3n) is 1.84. The molecule has 0 bridgehead atoms. The SMILES string of the molecule is CN(C)CCCOc1nc[nH]c(=O)c1N. The van der Waals surface area contributed by atoms with Crippen molar-refractivity contribution < 1.29 is 4.74 Å². The Morgan fingerprint density at radius 1 is 1.60 bits per heavy atom. The fourth-order valence-corrected chi connectivity index (χ4v) is 1.06. The maximum atomic E-state index is 11.1. The Kier molecular flexibility index (Phi) is 4.11. The van der Waals surface area contributed by atoms with Gasteiger partial charge in [-0.15, -0.1) is 0 Å². The van der Waals surface area contributed by atoms with Gasteiger partial charge in [-0.1, -0.05) is 0 Å². The molecule has 1 heterocycles. The highest BCUT2D eigenvalue weighted by atomic mass is 16.5. The van der Waals surface area contributed by atoms with Gasteiger partial charge >= 0.3 is 0 Å². The summed E-state index contributed by atoms with van der Waals surface area (Å²) in [5, 5.41) is 0. The van der Waals surface area contributed by atoms with Crippen molar-refractivity contribution in [3.8, 4) is 5.88 Å². The van der Waals surface area contributed by atoms with Crippen molar-refractivity contribution in [3.63, 3.8) is 0 Å². The molecule has 3 N–H and O–H groups in total. The minimum absolute atomic E-state index is 0.0300. The van der Waals surface area contributed by atoms with E-state index in [1.165, 1.54) is 6.33 Å². The first-order chi connectivity index (χ1) is 7.11. The van der Waals surface area contributed by atoms with Crippen molar-refractivity contribution in [3.05, 3.63) is 16.7 Å². The van der Waals surface area contributed by atoms with Crippen LogP contribution in [0.5, 0.6) is 5.88 Å². The van der Waals surface area contributed by atoms with E-state index >= 15 is 0 Å². The fourth-order valence-electron chi connectivity index (χ4n) is 1.06. The lowest BCUT2D eigenvalue weighted by molar-refractivity contribution is 0.274. The van der Waals surface area contributed by atoms with E-state index < -0.39 is 0 Å². The standard InChI is InChI=1S/C9H16N4O2/c1-13(2)4-3-5-15-9-7(10)8(14)11-6-12-9/h6H,3-5,10H2,1-2H3,(H,11,12,14). The molecule has 6 heteroatoms. The number of nitrogen functional groups attached to an aromatic ring is 1. The van der Waals surface area contributed by atoms with Gasteiger partial charge in [-0.25, -0.2) is 4.98 Å². The Morgan fingerprint density at radius 3 is 3.00 bits per heavy atom. The van der Waals surface area contributed by atoms with Gasteiger partial charge in [0.15, 0.2) is 5.69 Å². The van der Waals surface area contributed by atoms with E-state index in [1.807, 2.05) is 14.1 Å². The third kappa shape index (κ3) is 3.59. The lowest BCUT2D eigenvalue weighted by Crippen LogP contribution is -2.18. The van der Waals surface area contributed by atoms with Gasteiger partial charge in [0.05, 0.1) is 12.9 Å². The van der Waals surface area contributed by atoms with Gasteiger partial charge in [0.25, 0.3) is 5.56 Å². The van der Waals surface area contributed by atoms with Crippen molar-refractivity contribution in [2.24, 2.45) is 0 Å². The normalized spacial score (nSPS) is 10.6. The van der Waals surface area contributed by atoms with Crippen molar-refractivity contribution in [2.75, 3.05) is 33.0 Å². The zero-order chi connectivity index (χ0) is 11.3. The number of nitrogens with zero attached hydrogens (tertiary/aromatic N) is 2. The number of ether oxygens (including phenoxy) is 1. The molecule has 0 aliphatic carbocycles. The molecular formula is C9H16N4O2. The van der Waals surface area contributed by atoms with Crippen LogP contribution < -0.4 is 16.0 Å². The molecular weight excluding hydrogens is 196 g/mol. The smallest absolute Gasteiger partial charge is 0.277 e. The van der Waals surface area contributed by atoms with Crippen LogP contribution in [0, 0.1) is 0 Å².